The van der Waals surface area contributed by atoms with Gasteiger partial charge < -0.3 is 19.7 Å². The predicted octanol–water partition coefficient (Wildman–Crippen LogP) is 2.40. The molecule has 122 valence electrons. The van der Waals surface area contributed by atoms with Crippen LogP contribution in [0, 0.1) is 5.92 Å². The second-order valence-electron chi connectivity index (χ2n) is 7.21. The number of carbonyl (C=O) groups excluding carboxylic acids is 1. The quantitative estimate of drug-likeness (QED) is 0.765. The van der Waals surface area contributed by atoms with E-state index in [2.05, 4.69) is 5.32 Å². The van der Waals surface area contributed by atoms with Gasteiger partial charge in [-0.15, -0.1) is 0 Å². The minimum atomic E-state index is -0.412. The Balaban J connectivity index is 1.53. The highest BCUT2D eigenvalue weighted by Crippen LogP contribution is 2.28. The molecule has 21 heavy (non-hydrogen) atoms. The molecule has 0 bridgehead atoms. The molecule has 0 atom stereocenters. The van der Waals surface area contributed by atoms with Crippen molar-refractivity contribution < 1.29 is 14.3 Å². The Morgan fingerprint density at radius 1 is 1.19 bits per heavy atom. The first-order chi connectivity index (χ1) is 9.94. The zero-order valence-corrected chi connectivity index (χ0v) is 13.7. The number of nitrogens with one attached hydrogen (secondary N) is 1. The summed E-state index contributed by atoms with van der Waals surface area (Å²) < 4.78 is 11.0. The number of amides is 1. The topological polar surface area (TPSA) is 50.8 Å². The summed E-state index contributed by atoms with van der Waals surface area (Å²) >= 11 is 0. The maximum atomic E-state index is 12.0. The predicted molar refractivity (Wildman–Crippen MR) is 82.4 cm³/mol. The molecule has 2 aliphatic rings. The van der Waals surface area contributed by atoms with Gasteiger partial charge in [-0.05, 0) is 52.4 Å². The molecule has 1 heterocycles. The fourth-order valence-electron chi connectivity index (χ4n) is 2.46. The van der Waals surface area contributed by atoms with Crippen molar-refractivity contribution >= 4 is 6.09 Å². The summed E-state index contributed by atoms with van der Waals surface area (Å²) in [5.74, 6) is 0.835. The molecule has 0 aromatic heterocycles. The SMILES string of the molecule is CC(C)(C)OC(=O)N1CCC(NCCOCC2CC2)CC1. The third kappa shape index (κ3) is 6.66. The van der Waals surface area contributed by atoms with Gasteiger partial charge in [0.25, 0.3) is 0 Å². The molecule has 1 amide bonds. The van der Waals surface area contributed by atoms with E-state index in [0.717, 1.165) is 51.6 Å². The van der Waals surface area contributed by atoms with Crippen LogP contribution in [-0.2, 0) is 9.47 Å². The highest BCUT2D eigenvalue weighted by Gasteiger charge is 2.26. The number of nitrogens with zero attached hydrogens (tertiary/aromatic N) is 1. The summed E-state index contributed by atoms with van der Waals surface area (Å²) in [6.07, 6.45) is 4.48. The van der Waals surface area contributed by atoms with E-state index in [1.807, 2.05) is 25.7 Å². The van der Waals surface area contributed by atoms with E-state index >= 15 is 0 Å². The number of ether oxygens (including phenoxy) is 2. The van der Waals surface area contributed by atoms with Crippen molar-refractivity contribution in [3.8, 4) is 0 Å². The van der Waals surface area contributed by atoms with Crippen molar-refractivity contribution in [2.75, 3.05) is 32.8 Å². The second-order valence-corrected chi connectivity index (χ2v) is 7.21. The van der Waals surface area contributed by atoms with Crippen LogP contribution in [0.15, 0.2) is 0 Å². The summed E-state index contributed by atoms with van der Waals surface area (Å²) in [5.41, 5.74) is -0.412. The van der Waals surface area contributed by atoms with Crippen LogP contribution < -0.4 is 5.32 Å². The molecule has 0 aromatic carbocycles. The van der Waals surface area contributed by atoms with Crippen molar-refractivity contribution in [3.63, 3.8) is 0 Å². The molecule has 5 heteroatoms. The Morgan fingerprint density at radius 2 is 1.86 bits per heavy atom. The fourth-order valence-corrected chi connectivity index (χ4v) is 2.46. The van der Waals surface area contributed by atoms with Crippen LogP contribution in [-0.4, -0.2) is 55.5 Å². The highest BCUT2D eigenvalue weighted by molar-refractivity contribution is 5.68. The molecule has 2 rings (SSSR count). The summed E-state index contributed by atoms with van der Waals surface area (Å²) in [5, 5.41) is 3.52. The van der Waals surface area contributed by atoms with E-state index < -0.39 is 5.60 Å². The number of hydrogen-bond donors (Lipinski definition) is 1. The van der Waals surface area contributed by atoms with E-state index in [9.17, 15) is 4.79 Å². The van der Waals surface area contributed by atoms with Gasteiger partial charge in [0.15, 0.2) is 0 Å². The molecule has 5 nitrogen and oxygen atoms in total. The maximum absolute atomic E-state index is 12.0. The molecule has 1 saturated carbocycles. The number of rotatable bonds is 6. The third-order valence-corrected chi connectivity index (χ3v) is 3.88. The van der Waals surface area contributed by atoms with Crippen LogP contribution in [0.4, 0.5) is 4.79 Å². The smallest absolute Gasteiger partial charge is 0.410 e. The highest BCUT2D eigenvalue weighted by atomic mass is 16.6. The molecule has 2 fully saturated rings. The molecule has 1 aliphatic carbocycles. The van der Waals surface area contributed by atoms with Crippen molar-refractivity contribution in [1.82, 2.24) is 10.2 Å². The zero-order valence-electron chi connectivity index (χ0n) is 13.7. The number of piperidine rings is 1. The van der Waals surface area contributed by atoms with Gasteiger partial charge in [-0.25, -0.2) is 4.79 Å². The Labute approximate surface area is 128 Å². The first-order valence-electron chi connectivity index (χ1n) is 8.23. The van der Waals surface area contributed by atoms with Crippen LogP contribution in [0.3, 0.4) is 0 Å². The summed E-state index contributed by atoms with van der Waals surface area (Å²) in [4.78, 5) is 13.8. The molecule has 0 aromatic rings. The van der Waals surface area contributed by atoms with Crippen LogP contribution in [0.5, 0.6) is 0 Å². The first-order valence-corrected chi connectivity index (χ1v) is 8.23. The van der Waals surface area contributed by atoms with E-state index in [-0.39, 0.29) is 6.09 Å². The number of carbonyl (C=O) groups is 1. The summed E-state index contributed by atoms with van der Waals surface area (Å²) in [6.45, 7) is 9.89. The lowest BCUT2D eigenvalue weighted by atomic mass is 10.1. The fraction of sp³-hybridized carbons (Fsp3) is 0.938. The van der Waals surface area contributed by atoms with E-state index in [0.29, 0.717) is 6.04 Å². The molecule has 0 spiro atoms. The van der Waals surface area contributed by atoms with E-state index in [1.54, 1.807) is 0 Å². The van der Waals surface area contributed by atoms with Gasteiger partial charge in [0.2, 0.25) is 0 Å². The van der Waals surface area contributed by atoms with Crippen LogP contribution in [0.1, 0.15) is 46.5 Å². The number of likely N-dealkylation sites (tertiary alicyclic amines) is 1. The minimum absolute atomic E-state index is 0.186. The van der Waals surface area contributed by atoms with E-state index in [1.165, 1.54) is 12.8 Å². The molecular weight excluding hydrogens is 268 g/mol. The summed E-state index contributed by atoms with van der Waals surface area (Å²) in [6, 6.07) is 0.494. The molecule has 0 radical (unpaired) electrons. The molecular formula is C16H30N2O3. The van der Waals surface area contributed by atoms with E-state index in [4.69, 9.17) is 9.47 Å². The van der Waals surface area contributed by atoms with Gasteiger partial charge in [-0.2, -0.15) is 0 Å². The van der Waals surface area contributed by atoms with Gasteiger partial charge >= 0.3 is 6.09 Å². The lowest BCUT2D eigenvalue weighted by Crippen LogP contribution is -2.47. The molecule has 1 N–H and O–H groups in total. The molecule has 0 unspecified atom stereocenters. The van der Waals surface area contributed by atoms with Crippen molar-refractivity contribution in [2.24, 2.45) is 5.92 Å². The number of hydrogen-bond acceptors (Lipinski definition) is 4. The second kappa shape index (κ2) is 7.45. The van der Waals surface area contributed by atoms with Gasteiger partial charge in [0.1, 0.15) is 5.60 Å². The Kier molecular flexibility index (Phi) is 5.88. The normalized spacial score (nSPS) is 20.6. The Bertz CT molecular complexity index is 329. The van der Waals surface area contributed by atoms with Crippen LogP contribution in [0.25, 0.3) is 0 Å². The van der Waals surface area contributed by atoms with Crippen molar-refractivity contribution in [3.05, 3.63) is 0 Å². The van der Waals surface area contributed by atoms with Crippen molar-refractivity contribution in [2.45, 2.75) is 58.1 Å². The van der Waals surface area contributed by atoms with Gasteiger partial charge in [-0.1, -0.05) is 0 Å². The first kappa shape index (κ1) is 16.6. The van der Waals surface area contributed by atoms with Gasteiger partial charge in [0.05, 0.1) is 6.61 Å². The molecule has 1 saturated heterocycles. The minimum Gasteiger partial charge on any atom is -0.444 e. The van der Waals surface area contributed by atoms with Crippen LogP contribution in [0.2, 0.25) is 0 Å². The zero-order chi connectivity index (χ0) is 15.3. The van der Waals surface area contributed by atoms with Gasteiger partial charge in [0, 0.05) is 32.3 Å². The Morgan fingerprint density at radius 3 is 2.43 bits per heavy atom. The maximum Gasteiger partial charge on any atom is 0.410 e. The monoisotopic (exact) mass is 298 g/mol. The average Bonchev–Trinajstić information content (AvgIpc) is 3.21. The van der Waals surface area contributed by atoms with Crippen molar-refractivity contribution in [1.29, 1.82) is 0 Å². The molecule has 1 aliphatic heterocycles. The van der Waals surface area contributed by atoms with Gasteiger partial charge in [-0.3, -0.25) is 0 Å². The third-order valence-electron chi connectivity index (χ3n) is 3.88. The Hall–Kier alpha value is -0.810. The largest absolute Gasteiger partial charge is 0.444 e. The standard InChI is InChI=1S/C16H30N2O3/c1-16(2,3)21-15(19)18-9-6-14(7-10-18)17-8-11-20-12-13-4-5-13/h13-14,17H,4-12H2,1-3H3. The lowest BCUT2D eigenvalue weighted by Gasteiger charge is -2.33. The average molecular weight is 298 g/mol. The van der Waals surface area contributed by atoms with Crippen LogP contribution >= 0.6 is 0 Å². The summed E-state index contributed by atoms with van der Waals surface area (Å²) in [7, 11) is 0. The lowest BCUT2D eigenvalue weighted by molar-refractivity contribution is 0.0195.